The Labute approximate surface area is 214 Å². The summed E-state index contributed by atoms with van der Waals surface area (Å²) in [7, 11) is -4.04. The van der Waals surface area contributed by atoms with Gasteiger partial charge in [0.05, 0.1) is 22.5 Å². The fraction of sp³-hybridized carbons (Fsp3) is 0.179. The Morgan fingerprint density at radius 3 is 2.28 bits per heavy atom. The fourth-order valence-electron chi connectivity index (χ4n) is 4.27. The molecule has 8 heteroatoms. The predicted octanol–water partition coefficient (Wildman–Crippen LogP) is 5.80. The zero-order valence-corrected chi connectivity index (χ0v) is 21.5. The van der Waals surface area contributed by atoms with E-state index in [2.05, 4.69) is 13.5 Å². The van der Waals surface area contributed by atoms with Crippen LogP contribution in [0, 0.1) is 0 Å². The smallest absolute Gasteiger partial charge is 0.264 e. The topological polar surface area (TPSA) is 89.0 Å². The summed E-state index contributed by atoms with van der Waals surface area (Å²) in [5.41, 5.74) is 4.07. The van der Waals surface area contributed by atoms with Crippen LogP contribution in [0.4, 0.5) is 0 Å². The van der Waals surface area contributed by atoms with Gasteiger partial charge < -0.3 is 0 Å². The lowest BCUT2D eigenvalue weighted by molar-refractivity contribution is -0.120. The number of fused-ring (bicyclic) bond motifs is 2. The Balaban J connectivity index is 1.48. The zero-order chi connectivity index (χ0) is 25.3. The number of nitrogens with one attached hydrogen (secondary N) is 1. The number of aromatic nitrogens is 2. The van der Waals surface area contributed by atoms with Crippen molar-refractivity contribution in [3.05, 3.63) is 102 Å². The second-order valence-corrected chi connectivity index (χ2v) is 11.4. The van der Waals surface area contributed by atoms with E-state index in [9.17, 15) is 13.2 Å². The van der Waals surface area contributed by atoms with Crippen molar-refractivity contribution in [1.82, 2.24) is 13.5 Å². The quantitative estimate of drug-likeness (QED) is 0.296. The van der Waals surface area contributed by atoms with Crippen molar-refractivity contribution in [3.8, 4) is 0 Å². The number of carbonyl (C=O) groups excluding carboxylic acids is 1. The van der Waals surface area contributed by atoms with E-state index < -0.39 is 21.8 Å². The largest absolute Gasteiger partial charge is 0.273 e. The highest BCUT2D eigenvalue weighted by atomic mass is 32.2. The summed E-state index contributed by atoms with van der Waals surface area (Å²) in [6.45, 7) is 4.08. The Morgan fingerprint density at radius 1 is 0.833 bits per heavy atom. The van der Waals surface area contributed by atoms with Crippen molar-refractivity contribution < 1.29 is 13.2 Å². The molecule has 1 unspecified atom stereocenters. The molecule has 0 spiro atoms. The third kappa shape index (κ3) is 5.01. The van der Waals surface area contributed by atoms with Gasteiger partial charge in [0.15, 0.2) is 0 Å². The SMILES string of the molecule is CC(C)c1ccc(S(=O)(=O)NC(=O)C(Cc2ccc3ccccc3c2)c2ccc3nsnc3c2)cc1. The molecular formula is C28H25N3O3S2. The second kappa shape index (κ2) is 9.79. The lowest BCUT2D eigenvalue weighted by atomic mass is 9.90. The molecule has 1 N–H and O–H groups in total. The summed E-state index contributed by atoms with van der Waals surface area (Å²) in [6, 6.07) is 26.1. The molecule has 0 radical (unpaired) electrons. The number of carbonyl (C=O) groups is 1. The van der Waals surface area contributed by atoms with Crippen molar-refractivity contribution in [1.29, 1.82) is 0 Å². The van der Waals surface area contributed by atoms with Gasteiger partial charge in [-0.2, -0.15) is 8.75 Å². The van der Waals surface area contributed by atoms with Crippen LogP contribution >= 0.6 is 11.7 Å². The average molecular weight is 516 g/mol. The molecule has 5 aromatic rings. The molecule has 6 nitrogen and oxygen atoms in total. The highest BCUT2D eigenvalue weighted by Gasteiger charge is 2.27. The lowest BCUT2D eigenvalue weighted by Crippen LogP contribution is -2.35. The van der Waals surface area contributed by atoms with Crippen molar-refractivity contribution in [2.75, 3.05) is 0 Å². The molecule has 1 aromatic heterocycles. The third-order valence-electron chi connectivity index (χ3n) is 6.34. The first-order valence-corrected chi connectivity index (χ1v) is 13.9. The highest BCUT2D eigenvalue weighted by molar-refractivity contribution is 7.90. The molecule has 1 heterocycles. The van der Waals surface area contributed by atoms with Crippen LogP contribution in [-0.2, 0) is 21.2 Å². The van der Waals surface area contributed by atoms with Gasteiger partial charge in [0.1, 0.15) is 11.0 Å². The van der Waals surface area contributed by atoms with E-state index in [0.717, 1.165) is 39.1 Å². The first kappa shape index (κ1) is 24.1. The monoisotopic (exact) mass is 515 g/mol. The maximum absolute atomic E-state index is 13.5. The molecular weight excluding hydrogens is 490 g/mol. The van der Waals surface area contributed by atoms with Crippen LogP contribution in [0.2, 0.25) is 0 Å². The minimum absolute atomic E-state index is 0.0591. The molecule has 0 saturated carbocycles. The minimum atomic E-state index is -4.04. The van der Waals surface area contributed by atoms with Gasteiger partial charge >= 0.3 is 0 Å². The number of nitrogens with zero attached hydrogens (tertiary/aromatic N) is 2. The summed E-state index contributed by atoms with van der Waals surface area (Å²) in [6.07, 6.45) is 0.335. The van der Waals surface area contributed by atoms with E-state index in [-0.39, 0.29) is 10.8 Å². The van der Waals surface area contributed by atoms with Gasteiger partial charge in [-0.05, 0) is 64.1 Å². The van der Waals surface area contributed by atoms with E-state index in [1.165, 1.54) is 12.1 Å². The number of benzene rings is 4. The van der Waals surface area contributed by atoms with Crippen LogP contribution in [0.15, 0.2) is 89.8 Å². The van der Waals surface area contributed by atoms with E-state index in [0.29, 0.717) is 17.5 Å². The van der Waals surface area contributed by atoms with Crippen LogP contribution < -0.4 is 4.72 Å². The maximum Gasteiger partial charge on any atom is 0.264 e. The van der Waals surface area contributed by atoms with E-state index in [1.807, 2.05) is 74.5 Å². The minimum Gasteiger partial charge on any atom is -0.273 e. The summed E-state index contributed by atoms with van der Waals surface area (Å²) in [4.78, 5) is 13.6. The van der Waals surface area contributed by atoms with Gasteiger partial charge in [0.2, 0.25) is 5.91 Å². The maximum atomic E-state index is 13.5. The number of hydrogen-bond donors (Lipinski definition) is 1. The zero-order valence-electron chi connectivity index (χ0n) is 19.9. The molecule has 4 aromatic carbocycles. The van der Waals surface area contributed by atoms with Crippen LogP contribution in [0.1, 0.15) is 42.4 Å². The van der Waals surface area contributed by atoms with E-state index in [4.69, 9.17) is 0 Å². The number of sulfonamides is 1. The molecule has 0 bridgehead atoms. The van der Waals surface area contributed by atoms with Crippen molar-refractivity contribution in [2.24, 2.45) is 0 Å². The van der Waals surface area contributed by atoms with Crippen LogP contribution in [0.25, 0.3) is 21.8 Å². The normalized spacial score (nSPS) is 12.8. The molecule has 0 fully saturated rings. The van der Waals surface area contributed by atoms with Crippen LogP contribution in [0.5, 0.6) is 0 Å². The highest BCUT2D eigenvalue weighted by Crippen LogP contribution is 2.27. The second-order valence-electron chi connectivity index (χ2n) is 9.14. The van der Waals surface area contributed by atoms with Gasteiger partial charge in [-0.15, -0.1) is 0 Å². The summed E-state index contributed by atoms with van der Waals surface area (Å²) in [5.74, 6) is -1.04. The van der Waals surface area contributed by atoms with Gasteiger partial charge in [-0.25, -0.2) is 13.1 Å². The summed E-state index contributed by atoms with van der Waals surface area (Å²) < 4.78 is 37.1. The predicted molar refractivity (Wildman–Crippen MR) is 144 cm³/mol. The number of hydrogen-bond acceptors (Lipinski definition) is 6. The van der Waals surface area contributed by atoms with Gasteiger partial charge in [-0.3, -0.25) is 4.79 Å². The fourth-order valence-corrected chi connectivity index (χ4v) is 5.81. The van der Waals surface area contributed by atoms with Gasteiger partial charge in [0.25, 0.3) is 10.0 Å². The molecule has 5 rings (SSSR count). The van der Waals surface area contributed by atoms with Gasteiger partial charge in [-0.1, -0.05) is 74.5 Å². The summed E-state index contributed by atoms with van der Waals surface area (Å²) in [5, 5.41) is 2.16. The molecule has 0 aliphatic rings. The first-order valence-electron chi connectivity index (χ1n) is 11.7. The molecule has 0 aliphatic carbocycles. The molecule has 0 aliphatic heterocycles. The molecule has 36 heavy (non-hydrogen) atoms. The first-order chi connectivity index (χ1) is 17.3. The molecule has 0 saturated heterocycles. The molecule has 182 valence electrons. The third-order valence-corrected chi connectivity index (χ3v) is 8.26. The van der Waals surface area contributed by atoms with E-state index in [1.54, 1.807) is 12.1 Å². The molecule has 1 atom stereocenters. The lowest BCUT2D eigenvalue weighted by Gasteiger charge is -2.18. The summed E-state index contributed by atoms with van der Waals surface area (Å²) >= 11 is 1.10. The van der Waals surface area contributed by atoms with Crippen molar-refractivity contribution >= 4 is 49.5 Å². The van der Waals surface area contributed by atoms with Crippen LogP contribution in [0.3, 0.4) is 0 Å². The Kier molecular flexibility index (Phi) is 6.55. The van der Waals surface area contributed by atoms with E-state index >= 15 is 0 Å². The average Bonchev–Trinajstić information content (AvgIpc) is 3.35. The van der Waals surface area contributed by atoms with Crippen molar-refractivity contribution in [3.63, 3.8) is 0 Å². The Bertz CT molecular complexity index is 1660. The number of amides is 1. The Hall–Kier alpha value is -3.62. The van der Waals surface area contributed by atoms with Crippen LogP contribution in [-0.4, -0.2) is 23.1 Å². The Morgan fingerprint density at radius 2 is 1.53 bits per heavy atom. The molecule has 1 amide bonds. The van der Waals surface area contributed by atoms with Crippen molar-refractivity contribution in [2.45, 2.75) is 37.0 Å². The standard InChI is InChI=1S/C28H25N3O3S2/c1-18(2)20-9-12-24(13-10-20)36(33,34)31-28(32)25(23-11-14-26-27(17-23)30-35-29-26)16-19-7-8-21-5-3-4-6-22(21)15-19/h3-15,17-18,25H,16H2,1-2H3,(H,31,32). The number of rotatable bonds is 7. The van der Waals surface area contributed by atoms with Gasteiger partial charge in [0, 0.05) is 0 Å².